The Balaban J connectivity index is 1.97. The van der Waals surface area contributed by atoms with E-state index >= 15 is 0 Å². The van der Waals surface area contributed by atoms with Crippen LogP contribution in [0.2, 0.25) is 0 Å². The molecule has 20 heavy (non-hydrogen) atoms. The normalized spacial score (nSPS) is 30.9. The standard InChI is InChI=1S/C14H22N2O2S2/c1-4-13-12-7-15-6-11(12)8-16(13)20(17,18)14-5-9(2)19-10(14)3/h5,11-13,15H,4,6-8H2,1-3H3. The van der Waals surface area contributed by atoms with Gasteiger partial charge in [0.15, 0.2) is 0 Å². The van der Waals surface area contributed by atoms with Crippen molar-refractivity contribution in [1.82, 2.24) is 9.62 Å². The zero-order valence-corrected chi connectivity index (χ0v) is 13.9. The van der Waals surface area contributed by atoms with E-state index in [0.29, 0.717) is 23.3 Å². The second kappa shape index (κ2) is 5.09. The van der Waals surface area contributed by atoms with Crippen molar-refractivity contribution in [3.8, 4) is 0 Å². The van der Waals surface area contributed by atoms with Gasteiger partial charge in [-0.25, -0.2) is 8.42 Å². The van der Waals surface area contributed by atoms with Gasteiger partial charge in [0.05, 0.1) is 4.90 Å². The maximum atomic E-state index is 13.0. The lowest BCUT2D eigenvalue weighted by molar-refractivity contribution is 0.329. The Kier molecular flexibility index (Phi) is 3.69. The molecule has 0 saturated carbocycles. The summed E-state index contributed by atoms with van der Waals surface area (Å²) >= 11 is 1.57. The Bertz CT molecular complexity index is 609. The Morgan fingerprint density at radius 3 is 2.75 bits per heavy atom. The van der Waals surface area contributed by atoms with E-state index < -0.39 is 10.0 Å². The number of thiophene rings is 1. The number of aryl methyl sites for hydroxylation is 2. The Hall–Kier alpha value is -0.430. The predicted octanol–water partition coefficient (Wildman–Crippen LogP) is 1.98. The van der Waals surface area contributed by atoms with Gasteiger partial charge in [-0.3, -0.25) is 0 Å². The quantitative estimate of drug-likeness (QED) is 0.928. The highest BCUT2D eigenvalue weighted by molar-refractivity contribution is 7.89. The first kappa shape index (κ1) is 14.5. The van der Waals surface area contributed by atoms with Crippen LogP contribution in [0, 0.1) is 25.7 Å². The molecular formula is C14H22N2O2S2. The van der Waals surface area contributed by atoms with E-state index in [4.69, 9.17) is 0 Å². The smallest absolute Gasteiger partial charge is 0.244 e. The first-order chi connectivity index (χ1) is 9.45. The SMILES string of the molecule is CCC1C2CNCC2CN1S(=O)(=O)c1cc(C)sc1C. The molecule has 0 bridgehead atoms. The number of nitrogens with one attached hydrogen (secondary N) is 1. The Morgan fingerprint density at radius 1 is 1.40 bits per heavy atom. The third-order valence-electron chi connectivity index (χ3n) is 4.67. The molecule has 1 aromatic heterocycles. The van der Waals surface area contributed by atoms with Crippen LogP contribution < -0.4 is 5.32 Å². The molecule has 0 aromatic carbocycles. The van der Waals surface area contributed by atoms with Gasteiger partial charge in [0.1, 0.15) is 0 Å². The highest BCUT2D eigenvalue weighted by Gasteiger charge is 2.48. The van der Waals surface area contributed by atoms with E-state index in [1.165, 1.54) is 0 Å². The van der Waals surface area contributed by atoms with Crippen molar-refractivity contribution in [1.29, 1.82) is 0 Å². The first-order valence-electron chi connectivity index (χ1n) is 7.24. The predicted molar refractivity (Wildman–Crippen MR) is 81.6 cm³/mol. The lowest BCUT2D eigenvalue weighted by Crippen LogP contribution is -2.39. The number of sulfonamides is 1. The summed E-state index contributed by atoms with van der Waals surface area (Å²) in [6.45, 7) is 8.55. The van der Waals surface area contributed by atoms with Gasteiger partial charge in [0.2, 0.25) is 10.0 Å². The molecule has 1 N–H and O–H groups in total. The highest BCUT2D eigenvalue weighted by atomic mass is 32.2. The van der Waals surface area contributed by atoms with Crippen LogP contribution in [-0.4, -0.2) is 38.4 Å². The van der Waals surface area contributed by atoms with E-state index in [1.807, 2.05) is 19.9 Å². The molecule has 3 heterocycles. The fraction of sp³-hybridized carbons (Fsp3) is 0.714. The lowest BCUT2D eigenvalue weighted by Gasteiger charge is -2.26. The van der Waals surface area contributed by atoms with Crippen LogP contribution >= 0.6 is 11.3 Å². The number of rotatable bonds is 3. The van der Waals surface area contributed by atoms with Crippen molar-refractivity contribution in [2.75, 3.05) is 19.6 Å². The van der Waals surface area contributed by atoms with Crippen LogP contribution in [0.5, 0.6) is 0 Å². The average molecular weight is 314 g/mol. The fourth-order valence-electron chi connectivity index (χ4n) is 3.76. The zero-order chi connectivity index (χ0) is 14.5. The zero-order valence-electron chi connectivity index (χ0n) is 12.2. The molecular weight excluding hydrogens is 292 g/mol. The number of nitrogens with zero attached hydrogens (tertiary/aromatic N) is 1. The van der Waals surface area contributed by atoms with Gasteiger partial charge in [-0.05, 0) is 51.3 Å². The van der Waals surface area contributed by atoms with Crippen molar-refractivity contribution < 1.29 is 8.42 Å². The van der Waals surface area contributed by atoms with E-state index in [-0.39, 0.29) is 6.04 Å². The van der Waals surface area contributed by atoms with Crippen molar-refractivity contribution in [3.63, 3.8) is 0 Å². The van der Waals surface area contributed by atoms with Gasteiger partial charge in [0.25, 0.3) is 0 Å². The summed E-state index contributed by atoms with van der Waals surface area (Å²) in [7, 11) is -3.34. The summed E-state index contributed by atoms with van der Waals surface area (Å²) in [6.07, 6.45) is 0.893. The monoisotopic (exact) mass is 314 g/mol. The summed E-state index contributed by atoms with van der Waals surface area (Å²) in [5, 5.41) is 3.40. The molecule has 2 fully saturated rings. The van der Waals surface area contributed by atoms with Crippen LogP contribution in [0.25, 0.3) is 0 Å². The minimum atomic E-state index is -3.34. The van der Waals surface area contributed by atoms with E-state index in [2.05, 4.69) is 12.2 Å². The molecule has 3 rings (SSSR count). The second-order valence-corrected chi connectivity index (χ2v) is 9.23. The molecule has 1 aromatic rings. The van der Waals surface area contributed by atoms with Crippen LogP contribution in [-0.2, 0) is 10.0 Å². The largest absolute Gasteiger partial charge is 0.316 e. The maximum absolute atomic E-state index is 13.0. The third-order valence-corrected chi connectivity index (χ3v) is 7.78. The summed E-state index contributed by atoms with van der Waals surface area (Å²) in [5.74, 6) is 0.963. The van der Waals surface area contributed by atoms with Crippen LogP contribution in [0.1, 0.15) is 23.1 Å². The number of fused-ring (bicyclic) bond motifs is 1. The van der Waals surface area contributed by atoms with E-state index in [9.17, 15) is 8.42 Å². The molecule has 0 spiro atoms. The van der Waals surface area contributed by atoms with Crippen LogP contribution in [0.15, 0.2) is 11.0 Å². The molecule has 2 aliphatic rings. The van der Waals surface area contributed by atoms with Gasteiger partial charge < -0.3 is 5.32 Å². The molecule has 4 nitrogen and oxygen atoms in total. The molecule has 3 atom stereocenters. The Labute approximate surface area is 125 Å². The minimum Gasteiger partial charge on any atom is -0.316 e. The van der Waals surface area contributed by atoms with Gasteiger partial charge in [-0.1, -0.05) is 6.92 Å². The highest BCUT2D eigenvalue weighted by Crippen LogP contribution is 2.39. The van der Waals surface area contributed by atoms with E-state index in [0.717, 1.165) is 29.3 Å². The van der Waals surface area contributed by atoms with Gasteiger partial charge in [-0.2, -0.15) is 4.31 Å². The van der Waals surface area contributed by atoms with Crippen molar-refractivity contribution >= 4 is 21.4 Å². The summed E-state index contributed by atoms with van der Waals surface area (Å²) in [6, 6.07) is 1.98. The summed E-state index contributed by atoms with van der Waals surface area (Å²) in [5.41, 5.74) is 0. The summed E-state index contributed by atoms with van der Waals surface area (Å²) in [4.78, 5) is 2.49. The topological polar surface area (TPSA) is 49.4 Å². The van der Waals surface area contributed by atoms with Gasteiger partial charge in [0, 0.05) is 22.3 Å². The van der Waals surface area contributed by atoms with Gasteiger partial charge >= 0.3 is 0 Å². The fourth-order valence-corrected chi connectivity index (χ4v) is 7.08. The number of hydrogen-bond donors (Lipinski definition) is 1. The van der Waals surface area contributed by atoms with E-state index in [1.54, 1.807) is 15.6 Å². The lowest BCUT2D eigenvalue weighted by atomic mass is 9.93. The van der Waals surface area contributed by atoms with Gasteiger partial charge in [-0.15, -0.1) is 11.3 Å². The third kappa shape index (κ3) is 2.13. The molecule has 0 radical (unpaired) electrons. The Morgan fingerprint density at radius 2 is 2.15 bits per heavy atom. The summed E-state index contributed by atoms with van der Waals surface area (Å²) < 4.78 is 27.7. The van der Waals surface area contributed by atoms with Crippen molar-refractivity contribution in [2.45, 2.75) is 38.1 Å². The molecule has 3 unspecified atom stereocenters. The average Bonchev–Trinajstić information content (AvgIpc) is 3.02. The molecule has 0 aliphatic carbocycles. The minimum absolute atomic E-state index is 0.152. The molecule has 6 heteroatoms. The molecule has 2 aliphatic heterocycles. The number of hydrogen-bond acceptors (Lipinski definition) is 4. The first-order valence-corrected chi connectivity index (χ1v) is 9.50. The van der Waals surface area contributed by atoms with Crippen molar-refractivity contribution in [3.05, 3.63) is 15.8 Å². The maximum Gasteiger partial charge on any atom is 0.244 e. The second-order valence-electron chi connectivity index (χ2n) is 5.91. The van der Waals surface area contributed by atoms with Crippen molar-refractivity contribution in [2.24, 2.45) is 11.8 Å². The molecule has 2 saturated heterocycles. The van der Waals surface area contributed by atoms with Crippen LogP contribution in [0.4, 0.5) is 0 Å². The molecule has 0 amide bonds. The molecule has 112 valence electrons. The van der Waals surface area contributed by atoms with Crippen LogP contribution in [0.3, 0.4) is 0 Å².